The van der Waals surface area contributed by atoms with Crippen molar-refractivity contribution < 1.29 is 4.92 Å². The molecule has 0 fully saturated rings. The van der Waals surface area contributed by atoms with Crippen molar-refractivity contribution in [2.75, 3.05) is 20.1 Å². The molecule has 24 heavy (non-hydrogen) atoms. The minimum atomic E-state index is -0.454. The van der Waals surface area contributed by atoms with Gasteiger partial charge in [0.25, 0.3) is 0 Å². The highest BCUT2D eigenvalue weighted by atomic mass is 16.6. The first-order valence-corrected chi connectivity index (χ1v) is 7.77. The first kappa shape index (κ1) is 17.5. The summed E-state index contributed by atoms with van der Waals surface area (Å²) in [6, 6.07) is 4.08. The SMILES string of the molecule is CCNC(=NCCn1cc([N+](=O)[O-])cn1)N(C)Cc1cccn1C. The van der Waals surface area contributed by atoms with Gasteiger partial charge in [-0.2, -0.15) is 5.10 Å². The average Bonchev–Trinajstić information content (AvgIpc) is 3.16. The number of rotatable bonds is 7. The Morgan fingerprint density at radius 3 is 2.92 bits per heavy atom. The molecule has 2 aromatic rings. The lowest BCUT2D eigenvalue weighted by Gasteiger charge is -2.22. The van der Waals surface area contributed by atoms with E-state index in [1.54, 1.807) is 0 Å². The van der Waals surface area contributed by atoms with Crippen LogP contribution in [-0.2, 0) is 20.1 Å². The summed E-state index contributed by atoms with van der Waals surface area (Å²) in [6.07, 6.45) is 4.67. The summed E-state index contributed by atoms with van der Waals surface area (Å²) >= 11 is 0. The maximum absolute atomic E-state index is 10.7. The van der Waals surface area contributed by atoms with Gasteiger partial charge < -0.3 is 14.8 Å². The number of aromatic nitrogens is 3. The molecule has 2 heterocycles. The van der Waals surface area contributed by atoms with Gasteiger partial charge >= 0.3 is 5.69 Å². The predicted molar refractivity (Wildman–Crippen MR) is 91.7 cm³/mol. The summed E-state index contributed by atoms with van der Waals surface area (Å²) in [7, 11) is 3.99. The summed E-state index contributed by atoms with van der Waals surface area (Å²) in [5.74, 6) is 0.792. The lowest BCUT2D eigenvalue weighted by atomic mass is 10.4. The van der Waals surface area contributed by atoms with Crippen LogP contribution >= 0.6 is 0 Å². The molecule has 0 bridgehead atoms. The lowest BCUT2D eigenvalue weighted by Crippen LogP contribution is -2.39. The Morgan fingerprint density at radius 2 is 2.33 bits per heavy atom. The van der Waals surface area contributed by atoms with Crippen LogP contribution in [0.1, 0.15) is 12.6 Å². The molecule has 0 aliphatic rings. The van der Waals surface area contributed by atoms with Gasteiger partial charge in [0, 0.05) is 32.5 Å². The second-order valence-electron chi connectivity index (χ2n) is 5.42. The summed E-state index contributed by atoms with van der Waals surface area (Å²) in [6.45, 7) is 4.49. The molecule has 0 aromatic carbocycles. The molecule has 0 spiro atoms. The molecule has 1 N–H and O–H groups in total. The number of nitro groups is 1. The Balaban J connectivity index is 1.96. The van der Waals surface area contributed by atoms with Crippen LogP contribution in [0.15, 0.2) is 35.7 Å². The van der Waals surface area contributed by atoms with E-state index in [2.05, 4.69) is 26.0 Å². The zero-order valence-corrected chi connectivity index (χ0v) is 14.2. The first-order valence-electron chi connectivity index (χ1n) is 7.77. The molecule has 0 unspecified atom stereocenters. The molecule has 2 rings (SSSR count). The van der Waals surface area contributed by atoms with Crippen molar-refractivity contribution in [1.29, 1.82) is 0 Å². The standard InChI is InChI=1S/C15H23N7O2/c1-4-16-15(20(3)11-13-6-5-8-19(13)2)17-7-9-21-12-14(10-18-21)22(23)24/h5-6,8,10,12H,4,7,9,11H2,1-3H3,(H,16,17). The number of aryl methyl sites for hydroxylation is 1. The second kappa shape index (κ2) is 8.14. The third-order valence-corrected chi connectivity index (χ3v) is 3.57. The molecule has 130 valence electrons. The summed E-state index contributed by atoms with van der Waals surface area (Å²) in [5.41, 5.74) is 1.18. The van der Waals surface area contributed by atoms with Crippen LogP contribution in [0.4, 0.5) is 5.69 Å². The monoisotopic (exact) mass is 333 g/mol. The quantitative estimate of drug-likeness (QED) is 0.356. The number of guanidine groups is 1. The molecule has 0 atom stereocenters. The van der Waals surface area contributed by atoms with Crippen LogP contribution < -0.4 is 5.32 Å². The van der Waals surface area contributed by atoms with Crippen LogP contribution in [-0.4, -0.2) is 50.3 Å². The van der Waals surface area contributed by atoms with Crippen molar-refractivity contribution in [3.63, 3.8) is 0 Å². The lowest BCUT2D eigenvalue weighted by molar-refractivity contribution is -0.385. The van der Waals surface area contributed by atoms with Gasteiger partial charge in [-0.15, -0.1) is 0 Å². The molecule has 0 saturated carbocycles. The van der Waals surface area contributed by atoms with Gasteiger partial charge in [-0.25, -0.2) is 0 Å². The molecular formula is C15H23N7O2. The third-order valence-electron chi connectivity index (χ3n) is 3.57. The fourth-order valence-corrected chi connectivity index (χ4v) is 2.28. The highest BCUT2D eigenvalue weighted by Crippen LogP contribution is 2.07. The Hall–Kier alpha value is -2.84. The molecular weight excluding hydrogens is 310 g/mol. The minimum absolute atomic E-state index is 0.00767. The molecule has 0 radical (unpaired) electrons. The Labute approximate surface area is 140 Å². The van der Waals surface area contributed by atoms with Gasteiger partial charge in [-0.3, -0.25) is 19.8 Å². The topological polar surface area (TPSA) is 93.5 Å². The van der Waals surface area contributed by atoms with E-state index in [9.17, 15) is 10.1 Å². The van der Waals surface area contributed by atoms with Crippen molar-refractivity contribution in [3.8, 4) is 0 Å². The second-order valence-corrected chi connectivity index (χ2v) is 5.42. The minimum Gasteiger partial charge on any atom is -0.357 e. The Kier molecular flexibility index (Phi) is 5.94. The van der Waals surface area contributed by atoms with Gasteiger partial charge in [-0.05, 0) is 19.1 Å². The molecule has 9 nitrogen and oxygen atoms in total. The summed E-state index contributed by atoms with van der Waals surface area (Å²) in [5, 5.41) is 17.9. The fourth-order valence-electron chi connectivity index (χ4n) is 2.28. The number of hydrogen-bond donors (Lipinski definition) is 1. The highest BCUT2D eigenvalue weighted by molar-refractivity contribution is 5.79. The number of nitrogens with one attached hydrogen (secondary N) is 1. The van der Waals surface area contributed by atoms with Gasteiger partial charge in [0.05, 0.1) is 24.6 Å². The zero-order chi connectivity index (χ0) is 17.5. The van der Waals surface area contributed by atoms with E-state index < -0.39 is 4.92 Å². The number of nitrogens with zero attached hydrogens (tertiary/aromatic N) is 6. The predicted octanol–water partition coefficient (Wildman–Crippen LogP) is 1.23. The van der Waals surface area contributed by atoms with E-state index in [1.807, 2.05) is 38.2 Å². The van der Waals surface area contributed by atoms with Crippen molar-refractivity contribution in [1.82, 2.24) is 24.6 Å². The molecule has 0 aliphatic carbocycles. The van der Waals surface area contributed by atoms with E-state index in [0.717, 1.165) is 19.0 Å². The molecule has 2 aromatic heterocycles. The Morgan fingerprint density at radius 1 is 1.54 bits per heavy atom. The van der Waals surface area contributed by atoms with Crippen molar-refractivity contribution in [2.45, 2.75) is 20.0 Å². The van der Waals surface area contributed by atoms with E-state index in [-0.39, 0.29) is 5.69 Å². The summed E-state index contributed by atoms with van der Waals surface area (Å²) in [4.78, 5) is 16.8. The molecule has 0 saturated heterocycles. The first-order chi connectivity index (χ1) is 11.5. The van der Waals surface area contributed by atoms with E-state index in [1.165, 1.54) is 22.8 Å². The van der Waals surface area contributed by atoms with E-state index >= 15 is 0 Å². The fraction of sp³-hybridized carbons (Fsp3) is 0.467. The largest absolute Gasteiger partial charge is 0.357 e. The zero-order valence-electron chi connectivity index (χ0n) is 14.2. The molecule has 0 aliphatic heterocycles. The number of aliphatic imine (C=N–C) groups is 1. The van der Waals surface area contributed by atoms with Crippen LogP contribution in [0, 0.1) is 10.1 Å². The molecule has 9 heteroatoms. The van der Waals surface area contributed by atoms with Crippen LogP contribution in [0.3, 0.4) is 0 Å². The summed E-state index contributed by atoms with van der Waals surface area (Å²) < 4.78 is 3.60. The number of hydrogen-bond acceptors (Lipinski definition) is 4. The smallest absolute Gasteiger partial charge is 0.306 e. The van der Waals surface area contributed by atoms with Crippen molar-refractivity contribution in [2.24, 2.45) is 12.0 Å². The van der Waals surface area contributed by atoms with Gasteiger partial charge in [0.2, 0.25) is 0 Å². The highest BCUT2D eigenvalue weighted by Gasteiger charge is 2.10. The van der Waals surface area contributed by atoms with E-state index in [4.69, 9.17) is 0 Å². The van der Waals surface area contributed by atoms with Crippen molar-refractivity contribution in [3.05, 3.63) is 46.5 Å². The average molecular weight is 333 g/mol. The van der Waals surface area contributed by atoms with Crippen LogP contribution in [0.2, 0.25) is 0 Å². The van der Waals surface area contributed by atoms with Gasteiger partial charge in [0.15, 0.2) is 5.96 Å². The van der Waals surface area contributed by atoms with Gasteiger partial charge in [-0.1, -0.05) is 0 Å². The maximum Gasteiger partial charge on any atom is 0.306 e. The Bertz CT molecular complexity index is 704. The van der Waals surface area contributed by atoms with E-state index in [0.29, 0.717) is 13.1 Å². The van der Waals surface area contributed by atoms with Crippen LogP contribution in [0.25, 0.3) is 0 Å². The van der Waals surface area contributed by atoms with Gasteiger partial charge in [0.1, 0.15) is 12.4 Å². The van der Waals surface area contributed by atoms with Crippen molar-refractivity contribution >= 4 is 11.6 Å². The third kappa shape index (κ3) is 4.58. The normalized spacial score (nSPS) is 11.5. The molecule has 0 amide bonds. The van der Waals surface area contributed by atoms with Crippen LogP contribution in [0.5, 0.6) is 0 Å². The maximum atomic E-state index is 10.7.